The summed E-state index contributed by atoms with van der Waals surface area (Å²) in [6, 6.07) is 3.96. The van der Waals surface area contributed by atoms with Gasteiger partial charge in [0.25, 0.3) is 5.69 Å². The molecule has 0 aliphatic rings. The van der Waals surface area contributed by atoms with Crippen LogP contribution in [0.25, 0.3) is 0 Å². The van der Waals surface area contributed by atoms with Crippen LogP contribution >= 0.6 is 11.6 Å². The van der Waals surface area contributed by atoms with E-state index in [2.05, 4.69) is 10.4 Å². The third-order valence-corrected chi connectivity index (χ3v) is 3.37. The number of aromatic carboxylic acids is 1. The van der Waals surface area contributed by atoms with E-state index in [-0.39, 0.29) is 22.1 Å². The summed E-state index contributed by atoms with van der Waals surface area (Å²) in [6.07, 6.45) is 1.27. The van der Waals surface area contributed by atoms with E-state index in [1.54, 1.807) is 0 Å². The first-order valence-corrected chi connectivity index (χ1v) is 6.70. The topological polar surface area (TPSA) is 127 Å². The molecule has 0 aliphatic carbocycles. The standard InChI is InChI=1S/C13H11ClN4O5/c1-7(17-11(13(20)21)4-5-15-17)12(19)16-10-3-2-8(18(22)23)6-9(10)14/h2-7H,1H3,(H,16,19)(H,20,21). The molecule has 0 saturated heterocycles. The molecule has 23 heavy (non-hydrogen) atoms. The van der Waals surface area contributed by atoms with Crippen molar-refractivity contribution in [2.75, 3.05) is 5.32 Å². The van der Waals surface area contributed by atoms with Gasteiger partial charge >= 0.3 is 5.97 Å². The molecule has 0 bridgehead atoms. The monoisotopic (exact) mass is 338 g/mol. The lowest BCUT2D eigenvalue weighted by Crippen LogP contribution is -2.26. The van der Waals surface area contributed by atoms with Crippen molar-refractivity contribution in [1.82, 2.24) is 9.78 Å². The summed E-state index contributed by atoms with van der Waals surface area (Å²) in [5, 5.41) is 26.0. The summed E-state index contributed by atoms with van der Waals surface area (Å²) >= 11 is 5.89. The molecule has 10 heteroatoms. The molecule has 0 saturated carbocycles. The predicted octanol–water partition coefficient (Wildman–Crippen LogP) is 2.34. The van der Waals surface area contributed by atoms with Crippen molar-refractivity contribution >= 4 is 34.9 Å². The van der Waals surface area contributed by atoms with Crippen LogP contribution in [0.4, 0.5) is 11.4 Å². The Balaban J connectivity index is 2.20. The number of carboxylic acid groups (broad SMARTS) is 1. The Labute approximate surface area is 134 Å². The van der Waals surface area contributed by atoms with Gasteiger partial charge in [-0.25, -0.2) is 9.48 Å². The lowest BCUT2D eigenvalue weighted by Gasteiger charge is -2.15. The number of halogens is 1. The third kappa shape index (κ3) is 3.46. The second-order valence-corrected chi connectivity index (χ2v) is 4.96. The predicted molar refractivity (Wildman–Crippen MR) is 80.6 cm³/mol. The van der Waals surface area contributed by atoms with Gasteiger partial charge in [-0.15, -0.1) is 0 Å². The van der Waals surface area contributed by atoms with Gasteiger partial charge in [0.05, 0.1) is 15.6 Å². The van der Waals surface area contributed by atoms with E-state index in [4.69, 9.17) is 16.7 Å². The zero-order chi connectivity index (χ0) is 17.1. The maximum absolute atomic E-state index is 12.2. The Kier molecular flexibility index (Phi) is 4.60. The SMILES string of the molecule is CC(C(=O)Nc1ccc([N+](=O)[O-])cc1Cl)n1nccc1C(=O)O. The molecule has 2 N–H and O–H groups in total. The number of nitrogens with zero attached hydrogens (tertiary/aromatic N) is 3. The second-order valence-electron chi connectivity index (χ2n) is 4.55. The molecule has 0 fully saturated rings. The van der Waals surface area contributed by atoms with Crippen LogP contribution in [0.1, 0.15) is 23.5 Å². The van der Waals surface area contributed by atoms with Crippen LogP contribution in [-0.2, 0) is 4.79 Å². The number of aromatic nitrogens is 2. The summed E-state index contributed by atoms with van der Waals surface area (Å²) in [5.74, 6) is -1.78. The first-order chi connectivity index (χ1) is 10.8. The van der Waals surface area contributed by atoms with Crippen molar-refractivity contribution in [1.29, 1.82) is 0 Å². The third-order valence-electron chi connectivity index (χ3n) is 3.06. The summed E-state index contributed by atoms with van der Waals surface area (Å²) in [7, 11) is 0. The van der Waals surface area contributed by atoms with Crippen molar-refractivity contribution in [3.63, 3.8) is 0 Å². The van der Waals surface area contributed by atoms with Crippen LogP contribution in [0.3, 0.4) is 0 Å². The molecule has 2 aromatic rings. The minimum absolute atomic E-state index is 0.00123. The van der Waals surface area contributed by atoms with Crippen LogP contribution in [-0.4, -0.2) is 31.7 Å². The number of rotatable bonds is 5. The van der Waals surface area contributed by atoms with Crippen molar-refractivity contribution in [3.8, 4) is 0 Å². The zero-order valence-corrected chi connectivity index (χ0v) is 12.5. The maximum Gasteiger partial charge on any atom is 0.354 e. The van der Waals surface area contributed by atoms with Gasteiger partial charge in [-0.2, -0.15) is 5.10 Å². The Morgan fingerprint density at radius 3 is 2.70 bits per heavy atom. The van der Waals surface area contributed by atoms with Crippen molar-refractivity contribution in [2.45, 2.75) is 13.0 Å². The van der Waals surface area contributed by atoms with Gasteiger partial charge in [-0.05, 0) is 19.1 Å². The van der Waals surface area contributed by atoms with Gasteiger partial charge < -0.3 is 10.4 Å². The van der Waals surface area contributed by atoms with Gasteiger partial charge in [0.1, 0.15) is 11.7 Å². The molecular formula is C13H11ClN4O5. The lowest BCUT2D eigenvalue weighted by atomic mass is 10.2. The summed E-state index contributed by atoms with van der Waals surface area (Å²) in [6.45, 7) is 1.47. The molecule has 1 aromatic heterocycles. The first-order valence-electron chi connectivity index (χ1n) is 6.33. The molecule has 120 valence electrons. The fourth-order valence-electron chi connectivity index (χ4n) is 1.86. The van der Waals surface area contributed by atoms with Crippen LogP contribution in [0.5, 0.6) is 0 Å². The van der Waals surface area contributed by atoms with Crippen LogP contribution in [0.15, 0.2) is 30.5 Å². The van der Waals surface area contributed by atoms with Crippen LogP contribution in [0, 0.1) is 10.1 Å². The number of nitro benzene ring substituents is 1. The molecule has 0 aliphatic heterocycles. The summed E-state index contributed by atoms with van der Waals surface area (Å²) in [5.41, 5.74) is -0.165. The van der Waals surface area contributed by atoms with E-state index >= 15 is 0 Å². The molecule has 9 nitrogen and oxygen atoms in total. The number of hydrogen-bond acceptors (Lipinski definition) is 5. The van der Waals surface area contributed by atoms with Gasteiger partial charge in [0.2, 0.25) is 5.91 Å². The number of carboxylic acids is 1. The fraction of sp³-hybridized carbons (Fsp3) is 0.154. The Hall–Kier alpha value is -2.94. The van der Waals surface area contributed by atoms with Crippen molar-refractivity contribution in [3.05, 3.63) is 51.3 Å². The molecule has 0 spiro atoms. The fourth-order valence-corrected chi connectivity index (χ4v) is 2.08. The molecule has 1 unspecified atom stereocenters. The molecule has 0 radical (unpaired) electrons. The van der Waals surface area contributed by atoms with Gasteiger partial charge in [-0.1, -0.05) is 11.6 Å². The van der Waals surface area contributed by atoms with Gasteiger partial charge in [-0.3, -0.25) is 14.9 Å². The van der Waals surface area contributed by atoms with E-state index in [0.29, 0.717) is 0 Å². The number of anilines is 1. The van der Waals surface area contributed by atoms with Crippen molar-refractivity contribution in [2.24, 2.45) is 0 Å². The number of hydrogen-bond donors (Lipinski definition) is 2. The summed E-state index contributed by atoms with van der Waals surface area (Å²) < 4.78 is 1.05. The van der Waals surface area contributed by atoms with E-state index in [9.17, 15) is 19.7 Å². The normalized spacial score (nSPS) is 11.7. The van der Waals surface area contributed by atoms with Gasteiger partial charge in [0, 0.05) is 18.3 Å². The quantitative estimate of drug-likeness (QED) is 0.636. The highest BCUT2D eigenvalue weighted by atomic mass is 35.5. The number of carbonyl (C=O) groups excluding carboxylic acids is 1. The Morgan fingerprint density at radius 1 is 1.43 bits per heavy atom. The highest BCUT2D eigenvalue weighted by molar-refractivity contribution is 6.34. The van der Waals surface area contributed by atoms with Gasteiger partial charge in [0.15, 0.2) is 0 Å². The van der Waals surface area contributed by atoms with E-state index in [0.717, 1.165) is 10.7 Å². The van der Waals surface area contributed by atoms with Crippen molar-refractivity contribution < 1.29 is 19.6 Å². The molecule has 1 atom stereocenters. The number of amides is 1. The number of nitro groups is 1. The first kappa shape index (κ1) is 16.4. The number of carbonyl (C=O) groups is 2. The second kappa shape index (κ2) is 6.44. The van der Waals surface area contributed by atoms with E-state index in [1.165, 1.54) is 31.3 Å². The highest BCUT2D eigenvalue weighted by Crippen LogP contribution is 2.27. The number of nitrogens with one attached hydrogen (secondary N) is 1. The van der Waals surface area contributed by atoms with Crippen LogP contribution < -0.4 is 5.32 Å². The average molecular weight is 339 g/mol. The molecule has 2 rings (SSSR count). The molecule has 1 amide bonds. The molecular weight excluding hydrogens is 328 g/mol. The Bertz CT molecular complexity index is 788. The number of benzene rings is 1. The van der Waals surface area contributed by atoms with Crippen LogP contribution in [0.2, 0.25) is 5.02 Å². The zero-order valence-electron chi connectivity index (χ0n) is 11.8. The smallest absolute Gasteiger partial charge is 0.354 e. The highest BCUT2D eigenvalue weighted by Gasteiger charge is 2.22. The molecule has 1 aromatic carbocycles. The average Bonchev–Trinajstić information content (AvgIpc) is 2.97. The number of non-ortho nitro benzene ring substituents is 1. The Morgan fingerprint density at radius 2 is 2.13 bits per heavy atom. The van der Waals surface area contributed by atoms with E-state index in [1.807, 2.05) is 0 Å². The largest absolute Gasteiger partial charge is 0.477 e. The van der Waals surface area contributed by atoms with E-state index < -0.39 is 22.8 Å². The molecule has 1 heterocycles. The minimum atomic E-state index is -1.21. The summed E-state index contributed by atoms with van der Waals surface area (Å²) in [4.78, 5) is 33.3. The maximum atomic E-state index is 12.2. The minimum Gasteiger partial charge on any atom is -0.477 e. The lowest BCUT2D eigenvalue weighted by molar-refractivity contribution is -0.384.